The molecule has 102 valence electrons. The second-order valence-corrected chi connectivity index (χ2v) is 4.07. The van der Waals surface area contributed by atoms with Gasteiger partial charge in [0.25, 0.3) is 0 Å². The van der Waals surface area contributed by atoms with Gasteiger partial charge in [0.1, 0.15) is 17.4 Å². The van der Waals surface area contributed by atoms with Crippen LogP contribution >= 0.6 is 0 Å². The summed E-state index contributed by atoms with van der Waals surface area (Å²) in [7, 11) is 2.87. The van der Waals surface area contributed by atoms with Crippen LogP contribution in [-0.4, -0.2) is 20.5 Å². The van der Waals surface area contributed by atoms with Gasteiger partial charge in [0, 0.05) is 0 Å². The van der Waals surface area contributed by atoms with Gasteiger partial charge in [-0.15, -0.1) is 0 Å². The van der Waals surface area contributed by atoms with E-state index in [-0.39, 0.29) is 22.3 Å². The number of hydrogen-bond donors (Lipinski definition) is 0. The molecule has 0 radical (unpaired) electrons. The second kappa shape index (κ2) is 4.41. The molecule has 0 saturated heterocycles. The molecular weight excluding hydrogens is 264 g/mol. The third-order valence-electron chi connectivity index (χ3n) is 3.10. The molecule has 0 fully saturated rings. The van der Waals surface area contributed by atoms with E-state index in [1.54, 1.807) is 6.07 Å². The molecule has 3 aromatic rings. The zero-order valence-corrected chi connectivity index (χ0v) is 10.8. The van der Waals surface area contributed by atoms with Crippen molar-refractivity contribution in [3.05, 3.63) is 34.4 Å². The number of fused-ring (bicyclic) bond motifs is 2. The van der Waals surface area contributed by atoms with Crippen molar-refractivity contribution in [1.82, 2.24) is 0 Å². The van der Waals surface area contributed by atoms with Crippen molar-refractivity contribution in [1.29, 1.82) is 0 Å². The number of carbonyl (C=O) groups excluding carboxylic acids is 1. The van der Waals surface area contributed by atoms with Crippen LogP contribution in [0.5, 0.6) is 11.5 Å². The summed E-state index contributed by atoms with van der Waals surface area (Å²) < 4.78 is 21.3. The van der Waals surface area contributed by atoms with Crippen molar-refractivity contribution < 1.29 is 23.1 Å². The second-order valence-electron chi connectivity index (χ2n) is 4.07. The molecule has 20 heavy (non-hydrogen) atoms. The van der Waals surface area contributed by atoms with Gasteiger partial charge in [-0.3, -0.25) is 9.59 Å². The molecule has 0 atom stereocenters. The zero-order chi connectivity index (χ0) is 14.3. The first kappa shape index (κ1) is 12.3. The Balaban J connectivity index is 2.66. The number of aldehydes is 1. The molecule has 0 saturated carbocycles. The topological polar surface area (TPSA) is 78.9 Å². The smallest absolute Gasteiger partial charge is 0.207 e. The maximum Gasteiger partial charge on any atom is 0.207 e. The summed E-state index contributed by atoms with van der Waals surface area (Å²) in [6.07, 6.45) is 2.99. The van der Waals surface area contributed by atoms with Crippen LogP contribution in [0.3, 0.4) is 0 Å². The summed E-state index contributed by atoms with van der Waals surface area (Å²) in [5.74, 6) is 0.581. The van der Waals surface area contributed by atoms with Crippen molar-refractivity contribution in [3.8, 4) is 11.5 Å². The van der Waals surface area contributed by atoms with Crippen molar-refractivity contribution in [2.45, 2.75) is 0 Å². The minimum Gasteiger partial charge on any atom is -0.495 e. The number of furan rings is 1. The highest BCUT2D eigenvalue weighted by Gasteiger charge is 2.22. The summed E-state index contributed by atoms with van der Waals surface area (Å²) >= 11 is 0. The lowest BCUT2D eigenvalue weighted by atomic mass is 10.1. The highest BCUT2D eigenvalue weighted by molar-refractivity contribution is 6.07. The Bertz CT molecular complexity index is 871. The lowest BCUT2D eigenvalue weighted by Gasteiger charge is -2.10. The number of rotatable bonds is 3. The fourth-order valence-electron chi connectivity index (χ4n) is 2.24. The molecule has 0 aliphatic carbocycles. The Hall–Kier alpha value is -2.76. The highest BCUT2D eigenvalue weighted by Crippen LogP contribution is 2.41. The fourth-order valence-corrected chi connectivity index (χ4v) is 2.24. The Labute approximate surface area is 112 Å². The van der Waals surface area contributed by atoms with E-state index in [1.807, 2.05) is 0 Å². The van der Waals surface area contributed by atoms with Crippen LogP contribution in [0.4, 0.5) is 0 Å². The number of ether oxygens (including phenoxy) is 2. The third-order valence-corrected chi connectivity index (χ3v) is 3.10. The number of benzene rings is 1. The van der Waals surface area contributed by atoms with E-state index in [2.05, 4.69) is 0 Å². The highest BCUT2D eigenvalue weighted by atomic mass is 16.5. The predicted octanol–water partition coefficient (Wildman–Crippen LogP) is 2.37. The van der Waals surface area contributed by atoms with Crippen molar-refractivity contribution in [3.63, 3.8) is 0 Å². The van der Waals surface area contributed by atoms with E-state index in [1.165, 1.54) is 20.5 Å². The maximum absolute atomic E-state index is 12.3. The van der Waals surface area contributed by atoms with Gasteiger partial charge in [0.15, 0.2) is 17.5 Å². The van der Waals surface area contributed by atoms with Gasteiger partial charge in [-0.05, 0) is 6.07 Å². The van der Waals surface area contributed by atoms with E-state index < -0.39 is 5.43 Å². The molecule has 2 aromatic heterocycles. The predicted molar refractivity (Wildman–Crippen MR) is 70.7 cm³/mol. The van der Waals surface area contributed by atoms with Crippen LogP contribution < -0.4 is 14.9 Å². The molecule has 6 nitrogen and oxygen atoms in total. The summed E-state index contributed by atoms with van der Waals surface area (Å²) in [4.78, 5) is 23.2. The Kier molecular flexibility index (Phi) is 2.71. The summed E-state index contributed by atoms with van der Waals surface area (Å²) in [6, 6.07) is 1.66. The molecule has 0 aliphatic heterocycles. The molecule has 0 unspecified atom stereocenters. The van der Waals surface area contributed by atoms with Crippen LogP contribution in [0.1, 0.15) is 10.4 Å². The van der Waals surface area contributed by atoms with Crippen LogP contribution in [0.15, 0.2) is 32.2 Å². The first-order chi connectivity index (χ1) is 9.72. The van der Waals surface area contributed by atoms with E-state index in [4.69, 9.17) is 18.3 Å². The molecule has 0 aliphatic rings. The molecule has 0 amide bonds. The third kappa shape index (κ3) is 1.45. The monoisotopic (exact) mass is 274 g/mol. The number of carbonyl (C=O) groups is 1. The number of methoxy groups -OCH3 is 2. The normalized spacial score (nSPS) is 10.9. The van der Waals surface area contributed by atoms with E-state index in [0.29, 0.717) is 23.0 Å². The largest absolute Gasteiger partial charge is 0.495 e. The first-order valence-corrected chi connectivity index (χ1v) is 5.74. The summed E-state index contributed by atoms with van der Waals surface area (Å²) in [5.41, 5.74) is 0.0430. The van der Waals surface area contributed by atoms with Crippen LogP contribution in [-0.2, 0) is 0 Å². The van der Waals surface area contributed by atoms with Gasteiger partial charge >= 0.3 is 0 Å². The zero-order valence-electron chi connectivity index (χ0n) is 10.8. The number of hydrogen-bond acceptors (Lipinski definition) is 6. The minimum atomic E-state index is -0.473. The lowest BCUT2D eigenvalue weighted by molar-refractivity contribution is 0.112. The van der Waals surface area contributed by atoms with E-state index in [0.717, 1.165) is 6.26 Å². The van der Waals surface area contributed by atoms with Gasteiger partial charge in [-0.1, -0.05) is 0 Å². The quantitative estimate of drug-likeness (QED) is 0.682. The van der Waals surface area contributed by atoms with Gasteiger partial charge in [0.2, 0.25) is 11.2 Å². The summed E-state index contributed by atoms with van der Waals surface area (Å²) in [5, 5.41) is 0.732. The Morgan fingerprint density at radius 3 is 2.50 bits per heavy atom. The molecule has 0 N–H and O–H groups in total. The van der Waals surface area contributed by atoms with Crippen LogP contribution in [0.2, 0.25) is 0 Å². The van der Waals surface area contributed by atoms with Gasteiger partial charge in [0.05, 0.1) is 31.4 Å². The van der Waals surface area contributed by atoms with Gasteiger partial charge < -0.3 is 18.3 Å². The summed E-state index contributed by atoms with van der Waals surface area (Å²) in [6.45, 7) is 0. The van der Waals surface area contributed by atoms with E-state index in [9.17, 15) is 9.59 Å². The van der Waals surface area contributed by atoms with Crippen molar-refractivity contribution >= 4 is 28.2 Å². The van der Waals surface area contributed by atoms with Gasteiger partial charge in [-0.2, -0.15) is 0 Å². The molecule has 3 rings (SSSR count). The molecular formula is C14H10O6. The van der Waals surface area contributed by atoms with Crippen molar-refractivity contribution in [2.24, 2.45) is 0 Å². The van der Waals surface area contributed by atoms with Crippen LogP contribution in [0.25, 0.3) is 21.9 Å². The standard InChI is InChI=1S/C14H10O6/c1-17-11-8-3-4-19-12(8)14(18-2)13-9(11)10(16)7(5-15)6-20-13/h3-6H,1-2H3. The SMILES string of the molecule is COc1c2occc2c(OC)c2c(=O)c(C=O)coc12. The lowest BCUT2D eigenvalue weighted by Crippen LogP contribution is -2.09. The molecule has 6 heteroatoms. The van der Waals surface area contributed by atoms with Crippen LogP contribution in [0, 0.1) is 0 Å². The Morgan fingerprint density at radius 1 is 1.10 bits per heavy atom. The van der Waals surface area contributed by atoms with Crippen molar-refractivity contribution in [2.75, 3.05) is 14.2 Å². The molecule has 0 bridgehead atoms. The first-order valence-electron chi connectivity index (χ1n) is 5.74. The average molecular weight is 274 g/mol. The van der Waals surface area contributed by atoms with Gasteiger partial charge in [-0.25, -0.2) is 0 Å². The minimum absolute atomic E-state index is 0.0827. The molecule has 2 heterocycles. The van der Waals surface area contributed by atoms with E-state index >= 15 is 0 Å². The fraction of sp³-hybridized carbons (Fsp3) is 0.143. The Morgan fingerprint density at radius 2 is 1.85 bits per heavy atom. The molecule has 0 spiro atoms. The molecule has 1 aromatic carbocycles. The average Bonchev–Trinajstić information content (AvgIpc) is 2.94. The maximum atomic E-state index is 12.3.